The van der Waals surface area contributed by atoms with Crippen LogP contribution in [0, 0.1) is 12.7 Å². The van der Waals surface area contributed by atoms with Gasteiger partial charge in [0, 0.05) is 11.3 Å². The molecule has 3 nitrogen and oxygen atoms in total. The first-order valence-corrected chi connectivity index (χ1v) is 6.28. The molecule has 0 saturated carbocycles. The van der Waals surface area contributed by atoms with E-state index in [1.807, 2.05) is 6.92 Å². The fraction of sp³-hybridized carbons (Fsp3) is 0.500. The van der Waals surface area contributed by atoms with E-state index in [4.69, 9.17) is 4.74 Å². The molecule has 0 amide bonds. The lowest BCUT2D eigenvalue weighted by Gasteiger charge is -2.19. The summed E-state index contributed by atoms with van der Waals surface area (Å²) in [6.07, 6.45) is 1.51. The second-order valence-electron chi connectivity index (χ2n) is 4.15. The SMILES string of the molecule is CCCC(Nc1cccc(F)c1C)C(=O)OCC. The van der Waals surface area contributed by atoms with Gasteiger partial charge in [0.25, 0.3) is 0 Å². The van der Waals surface area contributed by atoms with E-state index in [0.29, 0.717) is 24.3 Å². The first kappa shape index (κ1) is 14.5. The van der Waals surface area contributed by atoms with Crippen LogP contribution in [0.3, 0.4) is 0 Å². The van der Waals surface area contributed by atoms with E-state index in [9.17, 15) is 9.18 Å². The first-order valence-electron chi connectivity index (χ1n) is 6.28. The van der Waals surface area contributed by atoms with E-state index in [0.717, 1.165) is 6.42 Å². The molecule has 0 aliphatic heterocycles. The summed E-state index contributed by atoms with van der Waals surface area (Å²) in [4.78, 5) is 11.8. The van der Waals surface area contributed by atoms with Gasteiger partial charge in [-0.05, 0) is 32.4 Å². The summed E-state index contributed by atoms with van der Waals surface area (Å²) in [6.45, 7) is 5.80. The maximum atomic E-state index is 13.4. The van der Waals surface area contributed by atoms with E-state index >= 15 is 0 Å². The summed E-state index contributed by atoms with van der Waals surface area (Å²) in [7, 11) is 0. The van der Waals surface area contributed by atoms with Gasteiger partial charge < -0.3 is 10.1 Å². The van der Waals surface area contributed by atoms with Gasteiger partial charge in [-0.15, -0.1) is 0 Å². The second kappa shape index (κ2) is 6.99. The summed E-state index contributed by atoms with van der Waals surface area (Å²) < 4.78 is 18.4. The molecule has 18 heavy (non-hydrogen) atoms. The molecule has 0 aliphatic rings. The average molecular weight is 253 g/mol. The van der Waals surface area contributed by atoms with Gasteiger partial charge in [0.1, 0.15) is 11.9 Å². The molecular weight excluding hydrogens is 233 g/mol. The zero-order chi connectivity index (χ0) is 13.5. The largest absolute Gasteiger partial charge is 0.464 e. The number of hydrogen-bond donors (Lipinski definition) is 1. The van der Waals surface area contributed by atoms with Crippen LogP contribution in [-0.4, -0.2) is 18.6 Å². The molecule has 1 unspecified atom stereocenters. The second-order valence-corrected chi connectivity index (χ2v) is 4.15. The predicted octanol–water partition coefficient (Wildman–Crippen LogP) is 3.28. The van der Waals surface area contributed by atoms with Gasteiger partial charge in [-0.25, -0.2) is 9.18 Å². The van der Waals surface area contributed by atoms with Crippen LogP contribution in [0.5, 0.6) is 0 Å². The smallest absolute Gasteiger partial charge is 0.328 e. The number of esters is 1. The van der Waals surface area contributed by atoms with Crippen LogP contribution >= 0.6 is 0 Å². The Kier molecular flexibility index (Phi) is 5.62. The van der Waals surface area contributed by atoms with Gasteiger partial charge in [0.05, 0.1) is 6.61 Å². The van der Waals surface area contributed by atoms with Crippen molar-refractivity contribution in [1.82, 2.24) is 0 Å². The zero-order valence-corrected chi connectivity index (χ0v) is 11.1. The topological polar surface area (TPSA) is 38.3 Å². The third-order valence-electron chi connectivity index (χ3n) is 2.75. The normalized spacial score (nSPS) is 12.0. The Morgan fingerprint density at radius 3 is 2.78 bits per heavy atom. The number of halogens is 1. The molecule has 1 aromatic carbocycles. The lowest BCUT2D eigenvalue weighted by atomic mass is 10.1. The van der Waals surface area contributed by atoms with Gasteiger partial charge in [0.2, 0.25) is 0 Å². The van der Waals surface area contributed by atoms with Crippen molar-refractivity contribution in [3.05, 3.63) is 29.6 Å². The lowest BCUT2D eigenvalue weighted by Crippen LogP contribution is -2.31. The van der Waals surface area contributed by atoms with Crippen molar-refractivity contribution in [1.29, 1.82) is 0 Å². The fourth-order valence-corrected chi connectivity index (χ4v) is 1.73. The number of nitrogens with one attached hydrogen (secondary N) is 1. The van der Waals surface area contributed by atoms with Crippen LogP contribution < -0.4 is 5.32 Å². The van der Waals surface area contributed by atoms with Crippen LogP contribution in [-0.2, 0) is 9.53 Å². The third kappa shape index (κ3) is 3.72. The van der Waals surface area contributed by atoms with E-state index in [-0.39, 0.29) is 11.8 Å². The number of ether oxygens (including phenoxy) is 1. The number of anilines is 1. The summed E-state index contributed by atoms with van der Waals surface area (Å²) in [6, 6.07) is 4.37. The van der Waals surface area contributed by atoms with Crippen molar-refractivity contribution in [2.45, 2.75) is 39.7 Å². The molecule has 1 N–H and O–H groups in total. The third-order valence-corrected chi connectivity index (χ3v) is 2.75. The summed E-state index contributed by atoms with van der Waals surface area (Å²) >= 11 is 0. The molecule has 0 aromatic heterocycles. The van der Waals surface area contributed by atoms with Crippen molar-refractivity contribution in [3.63, 3.8) is 0 Å². The predicted molar refractivity (Wildman–Crippen MR) is 70.1 cm³/mol. The highest BCUT2D eigenvalue weighted by atomic mass is 19.1. The molecule has 0 heterocycles. The molecule has 0 fully saturated rings. The van der Waals surface area contributed by atoms with Gasteiger partial charge in [-0.3, -0.25) is 0 Å². The highest BCUT2D eigenvalue weighted by Gasteiger charge is 2.19. The van der Waals surface area contributed by atoms with Crippen molar-refractivity contribution in [2.24, 2.45) is 0 Å². The lowest BCUT2D eigenvalue weighted by molar-refractivity contribution is -0.144. The molecule has 0 saturated heterocycles. The standard InChI is InChI=1S/C14H20FNO2/c1-4-7-13(14(17)18-5-2)16-12-9-6-8-11(15)10(12)3/h6,8-9,13,16H,4-5,7H2,1-3H3. The highest BCUT2D eigenvalue weighted by Crippen LogP contribution is 2.19. The molecule has 4 heteroatoms. The summed E-state index contributed by atoms with van der Waals surface area (Å²) in [5.41, 5.74) is 1.16. The highest BCUT2D eigenvalue weighted by molar-refractivity contribution is 5.79. The Bertz CT molecular complexity index is 407. The monoisotopic (exact) mass is 253 g/mol. The van der Waals surface area contributed by atoms with E-state index < -0.39 is 6.04 Å². The number of rotatable bonds is 6. The molecule has 0 radical (unpaired) electrons. The minimum atomic E-state index is -0.421. The Morgan fingerprint density at radius 2 is 2.17 bits per heavy atom. The van der Waals surface area contributed by atoms with Crippen LogP contribution in [0.4, 0.5) is 10.1 Å². The molecule has 1 rings (SSSR count). The Labute approximate surface area is 107 Å². The first-order chi connectivity index (χ1) is 8.60. The molecule has 0 spiro atoms. The van der Waals surface area contributed by atoms with Gasteiger partial charge in [-0.2, -0.15) is 0 Å². The zero-order valence-electron chi connectivity index (χ0n) is 11.1. The number of carbonyl (C=O) groups excluding carboxylic acids is 1. The van der Waals surface area contributed by atoms with Crippen molar-refractivity contribution in [3.8, 4) is 0 Å². The van der Waals surface area contributed by atoms with E-state index in [1.54, 1.807) is 26.0 Å². The minimum Gasteiger partial charge on any atom is -0.464 e. The Morgan fingerprint density at radius 1 is 1.44 bits per heavy atom. The quantitative estimate of drug-likeness (QED) is 0.791. The number of benzene rings is 1. The van der Waals surface area contributed by atoms with E-state index in [1.165, 1.54) is 6.07 Å². The van der Waals surface area contributed by atoms with Gasteiger partial charge in [-0.1, -0.05) is 19.4 Å². The Hall–Kier alpha value is -1.58. The maximum absolute atomic E-state index is 13.4. The fourth-order valence-electron chi connectivity index (χ4n) is 1.73. The van der Waals surface area contributed by atoms with Gasteiger partial charge in [0.15, 0.2) is 0 Å². The number of hydrogen-bond acceptors (Lipinski definition) is 3. The van der Waals surface area contributed by atoms with Crippen LogP contribution in [0.15, 0.2) is 18.2 Å². The van der Waals surface area contributed by atoms with Crippen LogP contribution in [0.1, 0.15) is 32.3 Å². The summed E-state index contributed by atoms with van der Waals surface area (Å²) in [5.74, 6) is -0.567. The maximum Gasteiger partial charge on any atom is 0.328 e. The van der Waals surface area contributed by atoms with Crippen molar-refractivity contribution < 1.29 is 13.9 Å². The van der Waals surface area contributed by atoms with E-state index in [2.05, 4.69) is 5.32 Å². The minimum absolute atomic E-state index is 0.279. The molecule has 0 aliphatic carbocycles. The van der Waals surface area contributed by atoms with Crippen LogP contribution in [0.2, 0.25) is 0 Å². The van der Waals surface area contributed by atoms with Crippen LogP contribution in [0.25, 0.3) is 0 Å². The molecule has 0 bridgehead atoms. The molecular formula is C14H20FNO2. The molecule has 1 aromatic rings. The van der Waals surface area contributed by atoms with Gasteiger partial charge >= 0.3 is 5.97 Å². The Balaban J connectivity index is 2.82. The number of carbonyl (C=O) groups is 1. The van der Waals surface area contributed by atoms with Crippen molar-refractivity contribution >= 4 is 11.7 Å². The summed E-state index contributed by atoms with van der Waals surface area (Å²) in [5, 5.41) is 3.06. The molecule has 1 atom stereocenters. The van der Waals surface area contributed by atoms with Crippen molar-refractivity contribution in [2.75, 3.05) is 11.9 Å². The average Bonchev–Trinajstić information content (AvgIpc) is 2.34. The molecule has 100 valence electrons.